The van der Waals surface area contributed by atoms with Crippen molar-refractivity contribution >= 4 is 11.7 Å². The highest BCUT2D eigenvalue weighted by Crippen LogP contribution is 2.15. The van der Waals surface area contributed by atoms with Crippen LogP contribution >= 0.6 is 0 Å². The first-order valence-corrected chi connectivity index (χ1v) is 5.84. The lowest BCUT2D eigenvalue weighted by Crippen LogP contribution is -2.11. The molecule has 100 valence electrons. The number of carboxylic acids is 1. The van der Waals surface area contributed by atoms with Crippen LogP contribution in [0.1, 0.15) is 21.9 Å². The van der Waals surface area contributed by atoms with E-state index in [1.54, 1.807) is 24.1 Å². The van der Waals surface area contributed by atoms with Gasteiger partial charge in [0.2, 0.25) is 0 Å². The minimum Gasteiger partial charge on any atom is -0.478 e. The van der Waals surface area contributed by atoms with Crippen LogP contribution in [0, 0.1) is 6.92 Å². The molecule has 0 saturated heterocycles. The summed E-state index contributed by atoms with van der Waals surface area (Å²) in [4.78, 5) is 19.1. The van der Waals surface area contributed by atoms with Gasteiger partial charge in [-0.2, -0.15) is 5.10 Å². The van der Waals surface area contributed by atoms with Crippen molar-refractivity contribution in [2.75, 3.05) is 11.9 Å². The van der Waals surface area contributed by atoms with Gasteiger partial charge in [-0.15, -0.1) is 0 Å². The normalized spacial score (nSPS) is 10.4. The largest absolute Gasteiger partial charge is 0.478 e. The van der Waals surface area contributed by atoms with E-state index in [1.807, 2.05) is 6.92 Å². The van der Waals surface area contributed by atoms with E-state index >= 15 is 0 Å². The summed E-state index contributed by atoms with van der Waals surface area (Å²) in [5, 5.41) is 16.3. The zero-order valence-corrected chi connectivity index (χ0v) is 10.8. The minimum atomic E-state index is -0.994. The molecule has 7 heteroatoms. The van der Waals surface area contributed by atoms with E-state index in [0.29, 0.717) is 18.7 Å². The van der Waals surface area contributed by atoms with Crippen LogP contribution in [-0.4, -0.2) is 37.4 Å². The number of nitrogens with one attached hydrogen (secondary N) is 1. The molecule has 0 atom stereocenters. The number of hydrogen-bond acceptors (Lipinski definition) is 5. The van der Waals surface area contributed by atoms with E-state index in [9.17, 15) is 4.79 Å². The maximum atomic E-state index is 11.1. The van der Waals surface area contributed by atoms with Crippen LogP contribution in [-0.2, 0) is 13.5 Å². The second kappa shape index (κ2) is 5.47. The number of anilines is 1. The molecule has 2 aromatic rings. The van der Waals surface area contributed by atoms with Crippen molar-refractivity contribution in [1.29, 1.82) is 0 Å². The van der Waals surface area contributed by atoms with Crippen molar-refractivity contribution in [2.24, 2.45) is 7.05 Å². The van der Waals surface area contributed by atoms with Gasteiger partial charge in [0, 0.05) is 31.9 Å². The molecule has 0 saturated carbocycles. The third-order valence-corrected chi connectivity index (χ3v) is 2.58. The van der Waals surface area contributed by atoms with Gasteiger partial charge in [0.15, 0.2) is 5.82 Å². The SMILES string of the molecule is Cc1cc(NCCc2ncn(C)n2)c(C(=O)O)cn1. The molecule has 7 nitrogen and oxygen atoms in total. The molecule has 2 aromatic heterocycles. The highest BCUT2D eigenvalue weighted by atomic mass is 16.4. The summed E-state index contributed by atoms with van der Waals surface area (Å²) < 4.78 is 1.63. The van der Waals surface area contributed by atoms with Crippen LogP contribution in [0.4, 0.5) is 5.69 Å². The lowest BCUT2D eigenvalue weighted by Gasteiger charge is -2.09. The monoisotopic (exact) mass is 261 g/mol. The van der Waals surface area contributed by atoms with Crippen molar-refractivity contribution in [2.45, 2.75) is 13.3 Å². The van der Waals surface area contributed by atoms with E-state index in [4.69, 9.17) is 5.11 Å². The highest BCUT2D eigenvalue weighted by Gasteiger charge is 2.10. The maximum absolute atomic E-state index is 11.1. The summed E-state index contributed by atoms with van der Waals surface area (Å²) in [5.41, 5.74) is 1.50. The Morgan fingerprint density at radius 1 is 1.47 bits per heavy atom. The Morgan fingerprint density at radius 3 is 2.89 bits per heavy atom. The molecule has 0 radical (unpaired) electrons. The molecule has 0 aromatic carbocycles. The number of carbonyl (C=O) groups is 1. The van der Waals surface area contributed by atoms with Crippen LogP contribution in [0.5, 0.6) is 0 Å². The van der Waals surface area contributed by atoms with Gasteiger partial charge in [0.25, 0.3) is 0 Å². The average molecular weight is 261 g/mol. The van der Waals surface area contributed by atoms with Crippen molar-refractivity contribution in [3.8, 4) is 0 Å². The van der Waals surface area contributed by atoms with E-state index in [2.05, 4.69) is 20.4 Å². The van der Waals surface area contributed by atoms with Gasteiger partial charge in [-0.3, -0.25) is 9.67 Å². The van der Waals surface area contributed by atoms with Crippen LogP contribution in [0.3, 0.4) is 0 Å². The van der Waals surface area contributed by atoms with E-state index in [1.165, 1.54) is 6.20 Å². The molecule has 0 aliphatic rings. The molecule has 19 heavy (non-hydrogen) atoms. The average Bonchev–Trinajstić information content (AvgIpc) is 2.75. The second-order valence-corrected chi connectivity index (χ2v) is 4.19. The van der Waals surface area contributed by atoms with Gasteiger partial charge >= 0.3 is 5.97 Å². The Balaban J connectivity index is 2.02. The first kappa shape index (κ1) is 13.0. The van der Waals surface area contributed by atoms with E-state index in [-0.39, 0.29) is 5.56 Å². The van der Waals surface area contributed by atoms with Crippen molar-refractivity contribution in [3.63, 3.8) is 0 Å². The number of rotatable bonds is 5. The zero-order chi connectivity index (χ0) is 13.8. The fourth-order valence-corrected chi connectivity index (χ4v) is 1.68. The molecule has 0 bridgehead atoms. The third-order valence-electron chi connectivity index (χ3n) is 2.58. The molecular formula is C12H15N5O2. The first-order chi connectivity index (χ1) is 9.06. The summed E-state index contributed by atoms with van der Waals surface area (Å²) in [5.74, 6) is -0.274. The number of pyridine rings is 1. The molecule has 0 unspecified atom stereocenters. The molecular weight excluding hydrogens is 246 g/mol. The molecule has 0 fully saturated rings. The smallest absolute Gasteiger partial charge is 0.339 e. The Bertz CT molecular complexity index is 594. The summed E-state index contributed by atoms with van der Waals surface area (Å²) in [6.07, 6.45) is 3.62. The highest BCUT2D eigenvalue weighted by molar-refractivity contribution is 5.93. The fraction of sp³-hybridized carbons (Fsp3) is 0.333. The molecule has 0 aliphatic carbocycles. The molecule has 0 aliphatic heterocycles. The molecule has 2 heterocycles. The van der Waals surface area contributed by atoms with Crippen LogP contribution in [0.2, 0.25) is 0 Å². The van der Waals surface area contributed by atoms with Gasteiger partial charge in [-0.1, -0.05) is 0 Å². The Morgan fingerprint density at radius 2 is 2.26 bits per heavy atom. The minimum absolute atomic E-state index is 0.166. The van der Waals surface area contributed by atoms with Crippen molar-refractivity contribution < 1.29 is 9.90 Å². The topological polar surface area (TPSA) is 92.9 Å². The number of aromatic carboxylic acids is 1. The van der Waals surface area contributed by atoms with Crippen molar-refractivity contribution in [3.05, 3.63) is 35.7 Å². The predicted octanol–water partition coefficient (Wildman–Crippen LogP) is 0.871. The summed E-state index contributed by atoms with van der Waals surface area (Å²) in [6, 6.07) is 1.72. The quantitative estimate of drug-likeness (QED) is 0.829. The molecule has 0 spiro atoms. The Labute approximate surface area is 110 Å². The van der Waals surface area contributed by atoms with Crippen molar-refractivity contribution in [1.82, 2.24) is 19.7 Å². The number of nitrogens with zero attached hydrogens (tertiary/aromatic N) is 4. The van der Waals surface area contributed by atoms with Crippen LogP contribution < -0.4 is 5.32 Å². The Hall–Kier alpha value is -2.44. The van der Waals surface area contributed by atoms with Gasteiger partial charge in [-0.25, -0.2) is 9.78 Å². The number of carboxylic acid groups (broad SMARTS) is 1. The van der Waals surface area contributed by atoms with Gasteiger partial charge < -0.3 is 10.4 Å². The number of hydrogen-bond donors (Lipinski definition) is 2. The lowest BCUT2D eigenvalue weighted by atomic mass is 10.2. The predicted molar refractivity (Wildman–Crippen MR) is 69.1 cm³/mol. The van der Waals surface area contributed by atoms with Gasteiger partial charge in [0.1, 0.15) is 11.9 Å². The van der Waals surface area contributed by atoms with E-state index < -0.39 is 5.97 Å². The lowest BCUT2D eigenvalue weighted by molar-refractivity contribution is 0.0697. The first-order valence-electron chi connectivity index (χ1n) is 5.84. The van der Waals surface area contributed by atoms with Gasteiger partial charge in [0.05, 0.1) is 5.69 Å². The van der Waals surface area contributed by atoms with E-state index in [0.717, 1.165) is 11.5 Å². The third kappa shape index (κ3) is 3.27. The molecule has 0 amide bonds. The Kier molecular flexibility index (Phi) is 3.74. The number of aromatic nitrogens is 4. The molecule has 2 rings (SSSR count). The van der Waals surface area contributed by atoms with Crippen LogP contribution in [0.15, 0.2) is 18.6 Å². The standard InChI is InChI=1S/C12H15N5O2/c1-8-5-10(9(6-14-8)12(18)19)13-4-3-11-15-7-17(2)16-11/h5-7H,3-4H2,1-2H3,(H,13,14)(H,18,19). The molecule has 2 N–H and O–H groups in total. The zero-order valence-electron chi connectivity index (χ0n) is 10.8. The van der Waals surface area contributed by atoms with Gasteiger partial charge in [-0.05, 0) is 13.0 Å². The number of aryl methyl sites for hydroxylation is 2. The second-order valence-electron chi connectivity index (χ2n) is 4.19. The summed E-state index contributed by atoms with van der Waals surface area (Å²) in [6.45, 7) is 2.38. The summed E-state index contributed by atoms with van der Waals surface area (Å²) >= 11 is 0. The van der Waals surface area contributed by atoms with Crippen LogP contribution in [0.25, 0.3) is 0 Å². The summed E-state index contributed by atoms with van der Waals surface area (Å²) in [7, 11) is 1.80. The maximum Gasteiger partial charge on any atom is 0.339 e. The fourth-order valence-electron chi connectivity index (χ4n) is 1.68.